The molecule has 2 aromatic heterocycles. The number of rotatable bonds is 1. The number of aromatic nitrogens is 3. The molecule has 0 bridgehead atoms. The minimum absolute atomic E-state index is 0.0891. The van der Waals surface area contributed by atoms with Crippen LogP contribution in [0.1, 0.15) is 1.37 Å². The number of fused-ring (bicyclic) bond motifs is 1. The first-order chi connectivity index (χ1) is 9.13. The number of halogens is 1. The van der Waals surface area contributed by atoms with E-state index in [0.29, 0.717) is 11.0 Å². The first kappa shape index (κ1) is 10.2. The monoisotopic (exact) mass is 349 g/mol. The van der Waals surface area contributed by atoms with Crippen molar-refractivity contribution < 1.29 is 1.37 Å². The smallest absolute Gasteiger partial charge is 0.153 e. The predicted octanol–water partition coefficient (Wildman–Crippen LogP) is 2.88. The van der Waals surface area contributed by atoms with Gasteiger partial charge in [-0.25, -0.2) is 15.0 Å². The van der Waals surface area contributed by atoms with Crippen LogP contribution in [0.25, 0.3) is 22.3 Å². The van der Waals surface area contributed by atoms with Crippen molar-refractivity contribution in [1.82, 2.24) is 15.0 Å². The summed E-state index contributed by atoms with van der Waals surface area (Å²) in [5, 5.41) is 0. The van der Waals surface area contributed by atoms with Gasteiger partial charge < -0.3 is 5.73 Å². The SMILES string of the molecule is [2H]c1nc(N)c2nc(-c3cccc(I)c3)ccc2n1. The zero-order valence-corrected chi connectivity index (χ0v) is 11.4. The van der Waals surface area contributed by atoms with Crippen LogP contribution in [0.4, 0.5) is 5.82 Å². The van der Waals surface area contributed by atoms with Crippen molar-refractivity contribution in [1.29, 1.82) is 0 Å². The average Bonchev–Trinajstić information content (AvgIpc) is 2.38. The Kier molecular flexibility index (Phi) is 2.54. The van der Waals surface area contributed by atoms with Gasteiger partial charge in [0.1, 0.15) is 13.2 Å². The second-order valence-corrected chi connectivity index (χ2v) is 5.03. The van der Waals surface area contributed by atoms with E-state index in [9.17, 15) is 0 Å². The minimum Gasteiger partial charge on any atom is -0.382 e. The Hall–Kier alpha value is -1.76. The zero-order chi connectivity index (χ0) is 13.4. The molecule has 2 N–H and O–H groups in total. The number of benzene rings is 1. The molecule has 0 atom stereocenters. The number of hydrogen-bond donors (Lipinski definition) is 1. The molecule has 0 saturated heterocycles. The molecule has 88 valence electrons. The zero-order valence-electron chi connectivity index (χ0n) is 10.3. The maximum Gasteiger partial charge on any atom is 0.153 e. The lowest BCUT2D eigenvalue weighted by Crippen LogP contribution is -1.96. The van der Waals surface area contributed by atoms with E-state index < -0.39 is 0 Å². The third-order valence-electron chi connectivity index (χ3n) is 2.58. The molecular weight excluding hydrogens is 339 g/mol. The molecule has 0 aliphatic rings. The maximum absolute atomic E-state index is 7.43. The molecule has 4 nitrogen and oxygen atoms in total. The fraction of sp³-hybridized carbons (Fsp3) is 0. The Morgan fingerprint density at radius 3 is 2.89 bits per heavy atom. The molecule has 0 radical (unpaired) electrons. The summed E-state index contributed by atoms with van der Waals surface area (Å²) in [6, 6.07) is 11.7. The highest BCUT2D eigenvalue weighted by atomic mass is 127. The molecule has 1 aromatic carbocycles. The van der Waals surface area contributed by atoms with Crippen LogP contribution in [-0.2, 0) is 0 Å². The normalized spacial score (nSPS) is 11.5. The van der Waals surface area contributed by atoms with Crippen molar-refractivity contribution in [2.75, 3.05) is 5.73 Å². The van der Waals surface area contributed by atoms with E-state index in [2.05, 4.69) is 37.5 Å². The van der Waals surface area contributed by atoms with Crippen LogP contribution in [0.5, 0.6) is 0 Å². The molecule has 0 unspecified atom stereocenters. The van der Waals surface area contributed by atoms with E-state index in [1.165, 1.54) is 0 Å². The lowest BCUT2D eigenvalue weighted by atomic mass is 10.1. The highest BCUT2D eigenvalue weighted by molar-refractivity contribution is 14.1. The van der Waals surface area contributed by atoms with E-state index in [1.807, 2.05) is 36.4 Å². The maximum atomic E-state index is 7.43. The van der Waals surface area contributed by atoms with Gasteiger partial charge in [0.15, 0.2) is 5.82 Å². The van der Waals surface area contributed by atoms with E-state index in [4.69, 9.17) is 7.10 Å². The fourth-order valence-corrected chi connectivity index (χ4v) is 2.27. The summed E-state index contributed by atoms with van der Waals surface area (Å²) in [7, 11) is 0. The van der Waals surface area contributed by atoms with Crippen LogP contribution in [-0.4, -0.2) is 15.0 Å². The summed E-state index contributed by atoms with van der Waals surface area (Å²) in [6.07, 6.45) is -0.0891. The number of nitrogen functional groups attached to an aromatic ring is 1. The van der Waals surface area contributed by atoms with Gasteiger partial charge in [-0.3, -0.25) is 0 Å². The Labute approximate surface area is 119 Å². The third kappa shape index (κ3) is 2.01. The second kappa shape index (κ2) is 4.49. The standard InChI is InChI=1S/C13H9IN4/c14-9-3-1-2-8(6-9)10-4-5-11-12(18-10)13(15)17-7-16-11/h1-7H,(H2,15,16,17)/i7D. The predicted molar refractivity (Wildman–Crippen MR) is 79.9 cm³/mol. The molecule has 0 fully saturated rings. The van der Waals surface area contributed by atoms with Gasteiger partial charge in [-0.15, -0.1) is 0 Å². The van der Waals surface area contributed by atoms with Crippen molar-refractivity contribution in [3.8, 4) is 11.3 Å². The fourth-order valence-electron chi connectivity index (χ4n) is 1.72. The van der Waals surface area contributed by atoms with Crippen molar-refractivity contribution in [2.45, 2.75) is 0 Å². The molecule has 0 aliphatic carbocycles. The largest absolute Gasteiger partial charge is 0.382 e. The van der Waals surface area contributed by atoms with E-state index in [1.54, 1.807) is 0 Å². The summed E-state index contributed by atoms with van der Waals surface area (Å²) in [6.45, 7) is 0. The molecule has 0 spiro atoms. The second-order valence-electron chi connectivity index (χ2n) is 3.78. The number of hydrogen-bond acceptors (Lipinski definition) is 4. The van der Waals surface area contributed by atoms with Gasteiger partial charge in [0.05, 0.1) is 11.2 Å². The van der Waals surface area contributed by atoms with Crippen molar-refractivity contribution >= 4 is 39.4 Å². The molecular formula is C13H9IN4. The number of nitrogens with two attached hydrogens (primary N) is 1. The van der Waals surface area contributed by atoms with Crippen LogP contribution >= 0.6 is 22.6 Å². The van der Waals surface area contributed by atoms with Gasteiger partial charge >= 0.3 is 0 Å². The lowest BCUT2D eigenvalue weighted by molar-refractivity contribution is 1.21. The minimum atomic E-state index is -0.0891. The Morgan fingerprint density at radius 2 is 2.06 bits per heavy atom. The summed E-state index contributed by atoms with van der Waals surface area (Å²) >= 11 is 2.26. The topological polar surface area (TPSA) is 64.7 Å². The molecule has 5 heteroatoms. The summed E-state index contributed by atoms with van der Waals surface area (Å²) in [4.78, 5) is 12.3. The van der Waals surface area contributed by atoms with Crippen LogP contribution in [0, 0.1) is 3.57 Å². The highest BCUT2D eigenvalue weighted by Gasteiger charge is 2.05. The summed E-state index contributed by atoms with van der Waals surface area (Å²) < 4.78 is 8.57. The van der Waals surface area contributed by atoms with Gasteiger partial charge in [0.25, 0.3) is 0 Å². The quantitative estimate of drug-likeness (QED) is 0.686. The summed E-state index contributed by atoms with van der Waals surface area (Å²) in [5.41, 5.74) is 8.76. The van der Waals surface area contributed by atoms with Crippen LogP contribution in [0.2, 0.25) is 0 Å². The Balaban J connectivity index is 2.22. The Bertz CT molecular complexity index is 776. The van der Waals surface area contributed by atoms with Gasteiger partial charge in [0, 0.05) is 9.13 Å². The van der Waals surface area contributed by atoms with Crippen LogP contribution in [0.3, 0.4) is 0 Å². The molecule has 18 heavy (non-hydrogen) atoms. The Morgan fingerprint density at radius 1 is 1.17 bits per heavy atom. The lowest BCUT2D eigenvalue weighted by Gasteiger charge is -2.04. The number of anilines is 1. The number of nitrogens with zero attached hydrogens (tertiary/aromatic N) is 3. The highest BCUT2D eigenvalue weighted by Crippen LogP contribution is 2.23. The first-order valence-corrected chi connectivity index (χ1v) is 6.38. The molecule has 3 aromatic rings. The first-order valence-electron chi connectivity index (χ1n) is 5.80. The van der Waals surface area contributed by atoms with Crippen molar-refractivity contribution in [3.05, 3.63) is 46.3 Å². The molecule has 0 amide bonds. The van der Waals surface area contributed by atoms with Crippen LogP contribution < -0.4 is 5.73 Å². The number of pyridine rings is 1. The molecule has 0 aliphatic heterocycles. The van der Waals surface area contributed by atoms with Gasteiger partial charge in [-0.05, 0) is 46.9 Å². The summed E-state index contributed by atoms with van der Waals surface area (Å²) in [5.74, 6) is 0.238. The van der Waals surface area contributed by atoms with Gasteiger partial charge in [0.2, 0.25) is 0 Å². The molecule has 2 heterocycles. The average molecular weight is 349 g/mol. The van der Waals surface area contributed by atoms with Crippen molar-refractivity contribution in [2.24, 2.45) is 0 Å². The van der Waals surface area contributed by atoms with E-state index in [-0.39, 0.29) is 12.1 Å². The van der Waals surface area contributed by atoms with Gasteiger partial charge in [-0.1, -0.05) is 12.1 Å². The van der Waals surface area contributed by atoms with Gasteiger partial charge in [-0.2, -0.15) is 0 Å². The molecule has 3 rings (SSSR count). The van der Waals surface area contributed by atoms with Crippen LogP contribution in [0.15, 0.2) is 42.7 Å². The third-order valence-corrected chi connectivity index (χ3v) is 3.25. The van der Waals surface area contributed by atoms with E-state index >= 15 is 0 Å². The molecule has 0 saturated carbocycles. The van der Waals surface area contributed by atoms with Crippen molar-refractivity contribution in [3.63, 3.8) is 0 Å². The van der Waals surface area contributed by atoms with E-state index in [0.717, 1.165) is 14.8 Å².